The second-order valence-electron chi connectivity index (χ2n) is 5.53. The van der Waals surface area contributed by atoms with Crippen LogP contribution in [0.4, 0.5) is 5.82 Å². The molecule has 5 heteroatoms. The predicted octanol–water partition coefficient (Wildman–Crippen LogP) is 2.46. The zero-order valence-electron chi connectivity index (χ0n) is 12.1. The van der Waals surface area contributed by atoms with E-state index in [-0.39, 0.29) is 11.9 Å². The maximum Gasteiger partial charge on any atom is 0.270 e. The van der Waals surface area contributed by atoms with Gasteiger partial charge in [0.1, 0.15) is 11.5 Å². The quantitative estimate of drug-likeness (QED) is 0.570. The number of pyridine rings is 1. The van der Waals surface area contributed by atoms with Gasteiger partial charge in [-0.05, 0) is 43.7 Å². The van der Waals surface area contributed by atoms with Crippen molar-refractivity contribution in [1.29, 1.82) is 0 Å². The summed E-state index contributed by atoms with van der Waals surface area (Å²) in [4.78, 5) is 16.3. The smallest absolute Gasteiger partial charge is 0.270 e. The van der Waals surface area contributed by atoms with Gasteiger partial charge in [-0.2, -0.15) is 0 Å². The van der Waals surface area contributed by atoms with Crippen molar-refractivity contribution in [3.63, 3.8) is 0 Å². The third-order valence-electron chi connectivity index (χ3n) is 4.01. The molecule has 0 aliphatic heterocycles. The SMILES string of the molecule is CCCC1CCC(NC(=O)c2cccc(NN)n2)CC1. The third-order valence-corrected chi connectivity index (χ3v) is 4.01. The van der Waals surface area contributed by atoms with E-state index in [9.17, 15) is 4.79 Å². The lowest BCUT2D eigenvalue weighted by Gasteiger charge is -2.28. The Kier molecular flexibility index (Phi) is 5.35. The topological polar surface area (TPSA) is 80.0 Å². The molecule has 1 aliphatic rings. The lowest BCUT2D eigenvalue weighted by atomic mass is 9.83. The average Bonchev–Trinajstić information content (AvgIpc) is 2.49. The Balaban J connectivity index is 1.86. The van der Waals surface area contributed by atoms with E-state index in [1.165, 1.54) is 25.7 Å². The third kappa shape index (κ3) is 3.93. The number of hydrazine groups is 1. The Hall–Kier alpha value is -1.62. The van der Waals surface area contributed by atoms with Crippen LogP contribution in [0.15, 0.2) is 18.2 Å². The minimum absolute atomic E-state index is 0.110. The molecule has 0 atom stereocenters. The molecule has 0 saturated heterocycles. The van der Waals surface area contributed by atoms with Crippen LogP contribution >= 0.6 is 0 Å². The van der Waals surface area contributed by atoms with Gasteiger partial charge in [0, 0.05) is 6.04 Å². The molecule has 1 amide bonds. The molecule has 4 N–H and O–H groups in total. The van der Waals surface area contributed by atoms with E-state index in [2.05, 4.69) is 22.7 Å². The number of hydrogen-bond donors (Lipinski definition) is 3. The van der Waals surface area contributed by atoms with Crippen LogP contribution in [0, 0.1) is 5.92 Å². The fourth-order valence-corrected chi connectivity index (χ4v) is 2.90. The van der Waals surface area contributed by atoms with Crippen molar-refractivity contribution in [2.45, 2.75) is 51.5 Å². The maximum atomic E-state index is 12.1. The highest BCUT2D eigenvalue weighted by Gasteiger charge is 2.22. The number of nitrogens with one attached hydrogen (secondary N) is 2. The summed E-state index contributed by atoms with van der Waals surface area (Å²) < 4.78 is 0. The Labute approximate surface area is 120 Å². The summed E-state index contributed by atoms with van der Waals surface area (Å²) in [5.41, 5.74) is 2.87. The summed E-state index contributed by atoms with van der Waals surface area (Å²) in [5.74, 6) is 6.54. The molecular formula is C15H24N4O. The first-order valence-electron chi connectivity index (χ1n) is 7.47. The monoisotopic (exact) mass is 276 g/mol. The number of hydrogen-bond acceptors (Lipinski definition) is 4. The Morgan fingerprint density at radius 3 is 2.75 bits per heavy atom. The van der Waals surface area contributed by atoms with Crippen LogP contribution in [0.3, 0.4) is 0 Å². The summed E-state index contributed by atoms with van der Waals surface area (Å²) in [5, 5.41) is 3.08. The molecule has 2 rings (SSSR count). The van der Waals surface area contributed by atoms with Crippen molar-refractivity contribution < 1.29 is 4.79 Å². The molecule has 1 fully saturated rings. The summed E-state index contributed by atoms with van der Waals surface area (Å²) >= 11 is 0. The van der Waals surface area contributed by atoms with E-state index in [1.807, 2.05) is 0 Å². The number of amides is 1. The molecule has 0 unspecified atom stereocenters. The molecule has 0 radical (unpaired) electrons. The number of carbonyl (C=O) groups excluding carboxylic acids is 1. The first-order valence-corrected chi connectivity index (χ1v) is 7.47. The van der Waals surface area contributed by atoms with Crippen molar-refractivity contribution in [3.05, 3.63) is 23.9 Å². The van der Waals surface area contributed by atoms with Crippen LogP contribution in [0.25, 0.3) is 0 Å². The van der Waals surface area contributed by atoms with Crippen molar-refractivity contribution in [2.24, 2.45) is 11.8 Å². The largest absolute Gasteiger partial charge is 0.348 e. The molecule has 1 saturated carbocycles. The molecule has 1 aromatic heterocycles. The summed E-state index contributed by atoms with van der Waals surface area (Å²) in [6, 6.07) is 5.49. The first-order chi connectivity index (χ1) is 9.72. The second-order valence-corrected chi connectivity index (χ2v) is 5.53. The van der Waals surface area contributed by atoms with Gasteiger partial charge in [0.25, 0.3) is 5.91 Å². The van der Waals surface area contributed by atoms with E-state index >= 15 is 0 Å². The lowest BCUT2D eigenvalue weighted by molar-refractivity contribution is 0.0916. The van der Waals surface area contributed by atoms with Gasteiger partial charge in [-0.25, -0.2) is 10.8 Å². The number of nitrogens with two attached hydrogens (primary N) is 1. The van der Waals surface area contributed by atoms with Gasteiger partial charge in [-0.3, -0.25) is 4.79 Å². The van der Waals surface area contributed by atoms with E-state index < -0.39 is 0 Å². The lowest BCUT2D eigenvalue weighted by Crippen LogP contribution is -2.38. The Morgan fingerprint density at radius 1 is 1.35 bits per heavy atom. The normalized spacial score (nSPS) is 22.3. The fourth-order valence-electron chi connectivity index (χ4n) is 2.90. The molecule has 5 nitrogen and oxygen atoms in total. The van der Waals surface area contributed by atoms with Crippen LogP contribution in [0.5, 0.6) is 0 Å². The number of nitrogen functional groups attached to an aromatic ring is 1. The predicted molar refractivity (Wildman–Crippen MR) is 80.2 cm³/mol. The van der Waals surface area contributed by atoms with Gasteiger partial charge >= 0.3 is 0 Å². The summed E-state index contributed by atoms with van der Waals surface area (Å²) in [6.45, 7) is 2.23. The maximum absolute atomic E-state index is 12.1. The minimum atomic E-state index is -0.110. The van der Waals surface area contributed by atoms with Crippen molar-refractivity contribution >= 4 is 11.7 Å². The number of carbonyl (C=O) groups is 1. The molecule has 1 aromatic rings. The number of anilines is 1. The molecule has 1 aliphatic carbocycles. The molecule has 0 bridgehead atoms. The van der Waals surface area contributed by atoms with Crippen LogP contribution in [0.1, 0.15) is 55.9 Å². The number of rotatable bonds is 5. The standard InChI is InChI=1S/C15H24N4O/c1-2-4-11-7-9-12(10-8-11)17-15(20)13-5-3-6-14(18-13)19-16/h3,5-6,11-12H,2,4,7-10,16H2,1H3,(H,17,20)(H,18,19). The van der Waals surface area contributed by atoms with E-state index in [0.717, 1.165) is 18.8 Å². The van der Waals surface area contributed by atoms with Gasteiger partial charge in [0.15, 0.2) is 0 Å². The zero-order valence-corrected chi connectivity index (χ0v) is 12.1. The van der Waals surface area contributed by atoms with Crippen LogP contribution in [-0.4, -0.2) is 16.9 Å². The van der Waals surface area contributed by atoms with Gasteiger partial charge in [0.05, 0.1) is 0 Å². The Bertz CT molecular complexity index is 441. The highest BCUT2D eigenvalue weighted by Crippen LogP contribution is 2.27. The summed E-state index contributed by atoms with van der Waals surface area (Å²) in [6.07, 6.45) is 7.15. The number of nitrogens with zero attached hydrogens (tertiary/aromatic N) is 1. The van der Waals surface area contributed by atoms with E-state index in [0.29, 0.717) is 11.5 Å². The van der Waals surface area contributed by atoms with Gasteiger partial charge in [0.2, 0.25) is 0 Å². The fraction of sp³-hybridized carbons (Fsp3) is 0.600. The first kappa shape index (κ1) is 14.8. The highest BCUT2D eigenvalue weighted by atomic mass is 16.1. The Morgan fingerprint density at radius 2 is 2.10 bits per heavy atom. The molecule has 110 valence electrons. The highest BCUT2D eigenvalue weighted by molar-refractivity contribution is 5.92. The van der Waals surface area contributed by atoms with Gasteiger partial charge in [-0.15, -0.1) is 0 Å². The zero-order chi connectivity index (χ0) is 14.4. The average molecular weight is 276 g/mol. The second kappa shape index (κ2) is 7.24. The number of aromatic nitrogens is 1. The van der Waals surface area contributed by atoms with Crippen LogP contribution < -0.4 is 16.6 Å². The summed E-state index contributed by atoms with van der Waals surface area (Å²) in [7, 11) is 0. The molecular weight excluding hydrogens is 252 g/mol. The van der Waals surface area contributed by atoms with E-state index in [4.69, 9.17) is 5.84 Å². The van der Waals surface area contributed by atoms with Crippen molar-refractivity contribution in [1.82, 2.24) is 10.3 Å². The molecule has 20 heavy (non-hydrogen) atoms. The van der Waals surface area contributed by atoms with Crippen LogP contribution in [0.2, 0.25) is 0 Å². The molecule has 1 heterocycles. The van der Waals surface area contributed by atoms with Gasteiger partial charge in [-0.1, -0.05) is 25.8 Å². The van der Waals surface area contributed by atoms with Crippen molar-refractivity contribution in [2.75, 3.05) is 5.43 Å². The van der Waals surface area contributed by atoms with Gasteiger partial charge < -0.3 is 10.7 Å². The van der Waals surface area contributed by atoms with Crippen molar-refractivity contribution in [3.8, 4) is 0 Å². The van der Waals surface area contributed by atoms with E-state index in [1.54, 1.807) is 18.2 Å². The van der Waals surface area contributed by atoms with Crippen LogP contribution in [-0.2, 0) is 0 Å². The minimum Gasteiger partial charge on any atom is -0.348 e. The molecule has 0 aromatic carbocycles. The molecule has 0 spiro atoms.